The molecule has 132 valence electrons. The third kappa shape index (κ3) is 3.77. The zero-order chi connectivity index (χ0) is 17.9. The van der Waals surface area contributed by atoms with Gasteiger partial charge in [-0.1, -0.05) is 13.8 Å². The first-order valence-electron chi connectivity index (χ1n) is 8.15. The zero-order valence-corrected chi connectivity index (χ0v) is 14.6. The van der Waals surface area contributed by atoms with E-state index in [1.807, 2.05) is 0 Å². The second kappa shape index (κ2) is 7.51. The number of piperidine rings is 1. The maximum absolute atomic E-state index is 12.9. The van der Waals surface area contributed by atoms with E-state index >= 15 is 0 Å². The van der Waals surface area contributed by atoms with Crippen molar-refractivity contribution in [1.82, 2.24) is 4.90 Å². The van der Waals surface area contributed by atoms with Crippen molar-refractivity contribution in [3.8, 4) is 11.5 Å². The van der Waals surface area contributed by atoms with Gasteiger partial charge in [-0.05, 0) is 25.2 Å². The van der Waals surface area contributed by atoms with Crippen LogP contribution in [0.1, 0.15) is 37.6 Å². The van der Waals surface area contributed by atoms with Gasteiger partial charge in [0, 0.05) is 19.2 Å². The predicted octanol–water partition coefficient (Wildman–Crippen LogP) is 3.12. The van der Waals surface area contributed by atoms with Crippen LogP contribution in [0.2, 0.25) is 0 Å². The number of nitro groups is 1. The monoisotopic (exact) mass is 336 g/mol. The van der Waals surface area contributed by atoms with E-state index in [9.17, 15) is 14.9 Å². The lowest BCUT2D eigenvalue weighted by molar-refractivity contribution is -0.385. The van der Waals surface area contributed by atoms with Crippen LogP contribution < -0.4 is 9.47 Å². The molecule has 1 aliphatic rings. The minimum Gasteiger partial charge on any atom is -0.493 e. The zero-order valence-electron chi connectivity index (χ0n) is 14.6. The number of likely N-dealkylation sites (tertiary alicyclic amines) is 1. The van der Waals surface area contributed by atoms with Crippen molar-refractivity contribution in [3.63, 3.8) is 0 Å². The first kappa shape index (κ1) is 18.0. The fourth-order valence-electron chi connectivity index (χ4n) is 3.30. The molecule has 1 aromatic carbocycles. The molecule has 7 heteroatoms. The van der Waals surface area contributed by atoms with Crippen LogP contribution in [0, 0.1) is 22.0 Å². The van der Waals surface area contributed by atoms with Crippen LogP contribution in [0.3, 0.4) is 0 Å². The van der Waals surface area contributed by atoms with Gasteiger partial charge >= 0.3 is 0 Å². The number of methoxy groups -OCH3 is 1. The van der Waals surface area contributed by atoms with Gasteiger partial charge in [0.1, 0.15) is 5.56 Å². The van der Waals surface area contributed by atoms with Crippen molar-refractivity contribution in [2.45, 2.75) is 27.2 Å². The Balaban J connectivity index is 2.44. The fourth-order valence-corrected chi connectivity index (χ4v) is 3.30. The molecule has 1 aromatic rings. The molecule has 2 unspecified atom stereocenters. The largest absolute Gasteiger partial charge is 0.493 e. The first-order chi connectivity index (χ1) is 11.4. The Bertz CT molecular complexity index is 622. The van der Waals surface area contributed by atoms with Crippen LogP contribution in [0.15, 0.2) is 12.1 Å². The van der Waals surface area contributed by atoms with Gasteiger partial charge in [-0.25, -0.2) is 0 Å². The minimum atomic E-state index is -0.553. The van der Waals surface area contributed by atoms with Gasteiger partial charge in [-0.15, -0.1) is 0 Å². The molecule has 24 heavy (non-hydrogen) atoms. The number of ether oxygens (including phenoxy) is 2. The summed E-state index contributed by atoms with van der Waals surface area (Å²) in [7, 11) is 1.41. The van der Waals surface area contributed by atoms with Crippen LogP contribution >= 0.6 is 0 Å². The molecule has 0 radical (unpaired) electrons. The third-order valence-corrected chi connectivity index (χ3v) is 4.16. The van der Waals surface area contributed by atoms with Gasteiger partial charge in [0.05, 0.1) is 24.7 Å². The number of carbonyl (C=O) groups is 1. The summed E-state index contributed by atoms with van der Waals surface area (Å²) in [6.45, 7) is 7.57. The average Bonchev–Trinajstić information content (AvgIpc) is 2.53. The van der Waals surface area contributed by atoms with E-state index in [0.717, 1.165) is 6.42 Å². The summed E-state index contributed by atoms with van der Waals surface area (Å²) in [5.41, 5.74) is -0.211. The number of nitro benzene ring substituents is 1. The van der Waals surface area contributed by atoms with Crippen LogP contribution in [0.4, 0.5) is 5.69 Å². The number of nitrogens with zero attached hydrogens (tertiary/aromatic N) is 2. The highest BCUT2D eigenvalue weighted by atomic mass is 16.6. The number of hydrogen-bond acceptors (Lipinski definition) is 5. The van der Waals surface area contributed by atoms with Crippen molar-refractivity contribution in [2.75, 3.05) is 26.8 Å². The van der Waals surface area contributed by atoms with E-state index in [1.165, 1.54) is 19.2 Å². The molecular weight excluding hydrogens is 312 g/mol. The van der Waals surface area contributed by atoms with Crippen LogP contribution in [0.25, 0.3) is 0 Å². The van der Waals surface area contributed by atoms with Gasteiger partial charge in [0.25, 0.3) is 11.6 Å². The first-order valence-corrected chi connectivity index (χ1v) is 8.15. The molecule has 0 spiro atoms. The summed E-state index contributed by atoms with van der Waals surface area (Å²) in [5, 5.41) is 11.4. The van der Waals surface area contributed by atoms with Crippen molar-refractivity contribution >= 4 is 11.6 Å². The van der Waals surface area contributed by atoms with Crippen molar-refractivity contribution in [2.24, 2.45) is 11.8 Å². The Labute approximate surface area is 141 Å². The fraction of sp³-hybridized carbons (Fsp3) is 0.588. The summed E-state index contributed by atoms with van der Waals surface area (Å²) < 4.78 is 10.6. The highest BCUT2D eigenvalue weighted by molar-refractivity contribution is 5.99. The Hall–Kier alpha value is -2.31. The minimum absolute atomic E-state index is 0.0468. The molecule has 0 aromatic heterocycles. The lowest BCUT2D eigenvalue weighted by atomic mass is 9.91. The Morgan fingerprint density at radius 3 is 2.42 bits per heavy atom. The third-order valence-electron chi connectivity index (χ3n) is 4.16. The van der Waals surface area contributed by atoms with Crippen LogP contribution in [-0.4, -0.2) is 42.5 Å². The number of benzene rings is 1. The van der Waals surface area contributed by atoms with E-state index in [2.05, 4.69) is 13.8 Å². The number of amides is 1. The van der Waals surface area contributed by atoms with Crippen LogP contribution in [-0.2, 0) is 0 Å². The van der Waals surface area contributed by atoms with Gasteiger partial charge in [-0.3, -0.25) is 14.9 Å². The molecule has 1 heterocycles. The Morgan fingerprint density at radius 2 is 1.92 bits per heavy atom. The lowest BCUT2D eigenvalue weighted by Gasteiger charge is -2.35. The standard InChI is InChI=1S/C17H24N2O5/c1-5-24-16-7-13(14(19(21)22)8-15(16)23-4)17(20)18-9-11(2)6-12(3)10-18/h7-8,11-12H,5-6,9-10H2,1-4H3. The molecule has 0 N–H and O–H groups in total. The van der Waals surface area contributed by atoms with Gasteiger partial charge in [0.2, 0.25) is 0 Å². The smallest absolute Gasteiger partial charge is 0.286 e. The second-order valence-electron chi connectivity index (χ2n) is 6.37. The Morgan fingerprint density at radius 1 is 1.29 bits per heavy atom. The molecule has 2 rings (SSSR count). The Kier molecular flexibility index (Phi) is 5.64. The summed E-state index contributed by atoms with van der Waals surface area (Å²) in [6, 6.07) is 2.68. The lowest BCUT2D eigenvalue weighted by Crippen LogP contribution is -2.42. The van der Waals surface area contributed by atoms with Gasteiger partial charge < -0.3 is 14.4 Å². The molecule has 7 nitrogen and oxygen atoms in total. The summed E-state index contributed by atoms with van der Waals surface area (Å²) >= 11 is 0. The molecule has 2 atom stereocenters. The number of carbonyl (C=O) groups excluding carboxylic acids is 1. The van der Waals surface area contributed by atoms with E-state index in [4.69, 9.17) is 9.47 Å². The maximum Gasteiger partial charge on any atom is 0.286 e. The molecule has 1 aliphatic heterocycles. The number of hydrogen-bond donors (Lipinski definition) is 0. The van der Waals surface area contributed by atoms with E-state index in [0.29, 0.717) is 37.3 Å². The summed E-state index contributed by atoms with van der Waals surface area (Å²) in [5.74, 6) is 1.01. The van der Waals surface area contributed by atoms with Crippen molar-refractivity contribution in [1.29, 1.82) is 0 Å². The maximum atomic E-state index is 12.9. The normalized spacial score (nSPS) is 20.6. The molecule has 1 saturated heterocycles. The van der Waals surface area contributed by atoms with E-state index < -0.39 is 4.92 Å². The summed E-state index contributed by atoms with van der Waals surface area (Å²) in [6.07, 6.45) is 1.05. The second-order valence-corrected chi connectivity index (χ2v) is 6.37. The number of rotatable bonds is 5. The predicted molar refractivity (Wildman–Crippen MR) is 89.7 cm³/mol. The average molecular weight is 336 g/mol. The SMILES string of the molecule is CCOc1cc(C(=O)N2CC(C)CC(C)C2)c([N+](=O)[O-])cc1OC. The summed E-state index contributed by atoms with van der Waals surface area (Å²) in [4.78, 5) is 25.5. The van der Waals surface area contributed by atoms with Crippen molar-refractivity contribution < 1.29 is 19.2 Å². The highest BCUT2D eigenvalue weighted by Gasteiger charge is 2.31. The highest BCUT2D eigenvalue weighted by Crippen LogP contribution is 2.36. The molecule has 0 bridgehead atoms. The van der Waals surface area contributed by atoms with Gasteiger partial charge in [0.15, 0.2) is 11.5 Å². The molecule has 1 fully saturated rings. The van der Waals surface area contributed by atoms with E-state index in [-0.39, 0.29) is 22.9 Å². The van der Waals surface area contributed by atoms with Crippen LogP contribution in [0.5, 0.6) is 11.5 Å². The molecule has 0 aliphatic carbocycles. The molecule has 0 saturated carbocycles. The molecular formula is C17H24N2O5. The van der Waals surface area contributed by atoms with Crippen molar-refractivity contribution in [3.05, 3.63) is 27.8 Å². The topological polar surface area (TPSA) is 81.9 Å². The van der Waals surface area contributed by atoms with Gasteiger partial charge in [-0.2, -0.15) is 0 Å². The van der Waals surface area contributed by atoms with E-state index in [1.54, 1.807) is 11.8 Å². The quantitative estimate of drug-likeness (QED) is 0.609. The molecule has 1 amide bonds.